The number of imidazole rings is 1. The number of amides is 1. The lowest BCUT2D eigenvalue weighted by atomic mass is 10.0. The number of fused-ring (bicyclic) bond motifs is 2. The second kappa shape index (κ2) is 7.99. The van der Waals surface area contributed by atoms with Crippen molar-refractivity contribution in [3.8, 4) is 0 Å². The van der Waals surface area contributed by atoms with E-state index >= 15 is 0 Å². The molecule has 7 nitrogen and oxygen atoms in total. The second-order valence-corrected chi connectivity index (χ2v) is 8.44. The molecule has 32 heavy (non-hydrogen) atoms. The van der Waals surface area contributed by atoms with Crippen molar-refractivity contribution in [2.24, 2.45) is 0 Å². The molecule has 0 fully saturated rings. The number of hydrogen-bond donors (Lipinski definition) is 1. The molecule has 0 aromatic carbocycles. The van der Waals surface area contributed by atoms with E-state index in [0.29, 0.717) is 25.1 Å². The minimum Gasteiger partial charge on any atom is -0.321 e. The van der Waals surface area contributed by atoms with Gasteiger partial charge in [-0.15, -0.1) is 11.3 Å². The number of hydrogen-bond acceptors (Lipinski definition) is 6. The van der Waals surface area contributed by atoms with Crippen molar-refractivity contribution in [2.45, 2.75) is 25.7 Å². The van der Waals surface area contributed by atoms with Crippen molar-refractivity contribution in [3.05, 3.63) is 75.9 Å². The second-order valence-electron chi connectivity index (χ2n) is 7.48. The maximum absolute atomic E-state index is 12.9. The highest BCUT2D eigenvalue weighted by Crippen LogP contribution is 2.32. The molecule has 0 radical (unpaired) electrons. The molecule has 0 atom stereocenters. The van der Waals surface area contributed by atoms with Crippen LogP contribution in [0.4, 0.5) is 18.9 Å². The molecule has 4 aromatic rings. The first-order valence-corrected chi connectivity index (χ1v) is 10.7. The van der Waals surface area contributed by atoms with E-state index in [2.05, 4.69) is 25.2 Å². The maximum Gasteiger partial charge on any atom is 0.417 e. The normalized spacial score (nSPS) is 14.5. The van der Waals surface area contributed by atoms with E-state index < -0.39 is 17.6 Å². The van der Waals surface area contributed by atoms with E-state index in [1.807, 2.05) is 16.8 Å². The van der Waals surface area contributed by atoms with Crippen LogP contribution >= 0.6 is 11.3 Å². The lowest BCUT2D eigenvalue weighted by Crippen LogP contribution is -2.30. The van der Waals surface area contributed by atoms with Crippen LogP contribution in [0.3, 0.4) is 0 Å². The van der Waals surface area contributed by atoms with Gasteiger partial charge in [0.05, 0.1) is 41.1 Å². The Labute approximate surface area is 184 Å². The third-order valence-electron chi connectivity index (χ3n) is 5.37. The minimum atomic E-state index is -4.52. The Morgan fingerprint density at radius 3 is 2.91 bits per heavy atom. The van der Waals surface area contributed by atoms with Gasteiger partial charge in [0, 0.05) is 48.5 Å². The maximum atomic E-state index is 12.9. The van der Waals surface area contributed by atoms with Crippen LogP contribution in [0.15, 0.2) is 48.6 Å². The van der Waals surface area contributed by atoms with E-state index in [-0.39, 0.29) is 5.69 Å². The quantitative estimate of drug-likeness (QED) is 0.500. The summed E-state index contributed by atoms with van der Waals surface area (Å²) in [6.07, 6.45) is 5.25. The molecule has 11 heteroatoms. The van der Waals surface area contributed by atoms with Crippen molar-refractivity contribution < 1.29 is 18.0 Å². The number of aromatic nitrogens is 4. The molecular formula is C21H17F3N6OS. The van der Waals surface area contributed by atoms with Crippen molar-refractivity contribution in [3.63, 3.8) is 0 Å². The molecule has 164 valence electrons. The fourth-order valence-electron chi connectivity index (χ4n) is 3.81. The van der Waals surface area contributed by atoms with Crippen LogP contribution in [-0.2, 0) is 25.7 Å². The summed E-state index contributed by atoms with van der Waals surface area (Å²) in [4.78, 5) is 28.1. The fourth-order valence-corrected chi connectivity index (χ4v) is 4.93. The van der Waals surface area contributed by atoms with Gasteiger partial charge in [-0.05, 0) is 18.1 Å². The number of carbonyl (C=O) groups is 1. The van der Waals surface area contributed by atoms with Crippen LogP contribution in [0, 0.1) is 0 Å². The Morgan fingerprint density at radius 1 is 1.19 bits per heavy atom. The van der Waals surface area contributed by atoms with Gasteiger partial charge in [-0.2, -0.15) is 13.2 Å². The summed E-state index contributed by atoms with van der Waals surface area (Å²) >= 11 is 1.49. The Hall–Kier alpha value is -3.31. The molecule has 1 amide bonds. The predicted octanol–water partition coefficient (Wildman–Crippen LogP) is 4.02. The Kier molecular flexibility index (Phi) is 5.14. The van der Waals surface area contributed by atoms with Gasteiger partial charge in [0.1, 0.15) is 0 Å². The molecular weight excluding hydrogens is 441 g/mol. The number of thiophene rings is 1. The molecule has 0 saturated heterocycles. The van der Waals surface area contributed by atoms with Gasteiger partial charge in [0.2, 0.25) is 0 Å². The summed E-state index contributed by atoms with van der Waals surface area (Å²) in [7, 11) is 0. The standard InChI is InChI=1S/C21H17F3N6OS/c22-21(23,24)13-5-14(7-26-6-13)28-20(31)17-12-32-18-11-29(3-1-16(17)18)10-15-8-27-19-9-25-2-4-30(15)19/h2,4-9,12H,1,3,10-11H2,(H,28,31). The zero-order valence-electron chi connectivity index (χ0n) is 16.6. The summed E-state index contributed by atoms with van der Waals surface area (Å²) in [5.74, 6) is -0.425. The van der Waals surface area contributed by atoms with Crippen LogP contribution in [0.1, 0.15) is 32.1 Å². The number of nitrogens with one attached hydrogen (secondary N) is 1. The van der Waals surface area contributed by atoms with Crippen LogP contribution in [-0.4, -0.2) is 36.7 Å². The number of anilines is 1. The first kappa shape index (κ1) is 20.6. The molecule has 0 bridgehead atoms. The minimum absolute atomic E-state index is 0.0179. The molecule has 1 aliphatic heterocycles. The van der Waals surface area contributed by atoms with Gasteiger partial charge in [-0.25, -0.2) is 4.98 Å². The molecule has 1 N–H and O–H groups in total. The van der Waals surface area contributed by atoms with Crippen LogP contribution in [0.2, 0.25) is 0 Å². The number of pyridine rings is 1. The largest absolute Gasteiger partial charge is 0.417 e. The van der Waals surface area contributed by atoms with Gasteiger partial charge in [-0.1, -0.05) is 0 Å². The summed E-state index contributed by atoms with van der Waals surface area (Å²) < 4.78 is 40.7. The number of carbonyl (C=O) groups excluding carboxylic acids is 1. The van der Waals surface area contributed by atoms with E-state index in [1.54, 1.807) is 17.8 Å². The zero-order valence-corrected chi connectivity index (χ0v) is 17.5. The molecule has 0 saturated carbocycles. The molecule has 0 aliphatic carbocycles. The van der Waals surface area contributed by atoms with Gasteiger partial charge < -0.3 is 5.32 Å². The van der Waals surface area contributed by atoms with Crippen molar-refractivity contribution in [1.82, 2.24) is 24.3 Å². The smallest absolute Gasteiger partial charge is 0.321 e. The third kappa shape index (κ3) is 3.96. The van der Waals surface area contributed by atoms with E-state index in [4.69, 9.17) is 0 Å². The number of alkyl halides is 3. The summed E-state index contributed by atoms with van der Waals surface area (Å²) in [5, 5.41) is 4.32. The number of nitrogens with zero attached hydrogens (tertiary/aromatic N) is 5. The summed E-state index contributed by atoms with van der Waals surface area (Å²) in [6, 6.07) is 0.886. The fraction of sp³-hybridized carbons (Fsp3) is 0.238. The lowest BCUT2D eigenvalue weighted by molar-refractivity contribution is -0.137. The molecule has 0 unspecified atom stereocenters. The van der Waals surface area contributed by atoms with Gasteiger partial charge in [0.15, 0.2) is 5.65 Å². The van der Waals surface area contributed by atoms with Crippen molar-refractivity contribution in [1.29, 1.82) is 0 Å². The molecule has 5 rings (SSSR count). The van der Waals surface area contributed by atoms with Gasteiger partial charge in [0.25, 0.3) is 5.91 Å². The average molecular weight is 458 g/mol. The lowest BCUT2D eigenvalue weighted by Gasteiger charge is -2.27. The Balaban J connectivity index is 1.29. The molecule has 1 aliphatic rings. The van der Waals surface area contributed by atoms with Crippen LogP contribution in [0.5, 0.6) is 0 Å². The Morgan fingerprint density at radius 2 is 2.06 bits per heavy atom. The number of halogens is 3. The third-order valence-corrected chi connectivity index (χ3v) is 6.39. The first-order valence-electron chi connectivity index (χ1n) is 9.79. The topological polar surface area (TPSA) is 75.4 Å². The highest BCUT2D eigenvalue weighted by atomic mass is 32.1. The molecule has 4 aromatic heterocycles. The van der Waals surface area contributed by atoms with Crippen LogP contribution in [0.25, 0.3) is 5.65 Å². The summed E-state index contributed by atoms with van der Waals surface area (Å²) in [5.41, 5.74) is 2.41. The van der Waals surface area contributed by atoms with Crippen molar-refractivity contribution in [2.75, 3.05) is 11.9 Å². The SMILES string of the molecule is O=C(Nc1cncc(C(F)(F)F)c1)c1csc2c1CCN(Cc1cnc3cnccn13)C2. The average Bonchev–Trinajstić information content (AvgIpc) is 3.38. The highest BCUT2D eigenvalue weighted by Gasteiger charge is 2.31. The molecule has 5 heterocycles. The van der Waals surface area contributed by atoms with E-state index in [0.717, 1.165) is 40.6 Å². The Bertz CT molecular complexity index is 1300. The molecule has 0 spiro atoms. The van der Waals surface area contributed by atoms with Crippen LogP contribution < -0.4 is 5.32 Å². The predicted molar refractivity (Wildman–Crippen MR) is 112 cm³/mol. The van der Waals surface area contributed by atoms with E-state index in [1.165, 1.54) is 17.5 Å². The van der Waals surface area contributed by atoms with E-state index in [9.17, 15) is 18.0 Å². The zero-order chi connectivity index (χ0) is 22.3. The van der Waals surface area contributed by atoms with Crippen molar-refractivity contribution >= 4 is 28.6 Å². The van der Waals surface area contributed by atoms with Gasteiger partial charge in [-0.3, -0.25) is 24.1 Å². The summed E-state index contributed by atoms with van der Waals surface area (Å²) in [6.45, 7) is 2.16. The number of rotatable bonds is 4. The van der Waals surface area contributed by atoms with Gasteiger partial charge >= 0.3 is 6.18 Å². The monoisotopic (exact) mass is 458 g/mol. The first-order chi connectivity index (χ1) is 15.4. The highest BCUT2D eigenvalue weighted by molar-refractivity contribution is 7.10.